The van der Waals surface area contributed by atoms with Gasteiger partial charge in [-0.1, -0.05) is 37.9 Å². The molecule has 0 aromatic heterocycles. The number of halogens is 6. The standard InChI is InChI=1S/C12H12Br2F4/c1-5-4-6(2)9(13)7(3)8(5)10(14)12(17,18)11(15)16/h4,10-11H,1-3H3. The molecule has 0 aliphatic carbocycles. The number of aryl methyl sites for hydroxylation is 2. The van der Waals surface area contributed by atoms with E-state index in [-0.39, 0.29) is 5.56 Å². The van der Waals surface area contributed by atoms with Gasteiger partial charge < -0.3 is 0 Å². The molecule has 0 amide bonds. The van der Waals surface area contributed by atoms with Gasteiger partial charge in [0.25, 0.3) is 0 Å². The molecule has 18 heavy (non-hydrogen) atoms. The minimum atomic E-state index is -4.11. The maximum Gasteiger partial charge on any atom is 0.323 e. The highest BCUT2D eigenvalue weighted by molar-refractivity contribution is 9.10. The van der Waals surface area contributed by atoms with Crippen molar-refractivity contribution in [2.24, 2.45) is 0 Å². The van der Waals surface area contributed by atoms with Gasteiger partial charge in [-0.05, 0) is 43.0 Å². The molecule has 0 spiro atoms. The Morgan fingerprint density at radius 3 is 2.06 bits per heavy atom. The molecule has 0 bridgehead atoms. The van der Waals surface area contributed by atoms with E-state index in [1.54, 1.807) is 19.9 Å². The smallest absolute Gasteiger partial charge is 0.204 e. The lowest BCUT2D eigenvalue weighted by atomic mass is 9.95. The summed E-state index contributed by atoms with van der Waals surface area (Å²) in [6.07, 6.45) is -3.71. The van der Waals surface area contributed by atoms with Crippen molar-refractivity contribution in [1.29, 1.82) is 0 Å². The first-order chi connectivity index (χ1) is 8.10. The molecule has 1 aromatic rings. The topological polar surface area (TPSA) is 0 Å². The van der Waals surface area contributed by atoms with Crippen molar-refractivity contribution < 1.29 is 17.6 Å². The SMILES string of the molecule is Cc1cc(C)c(C(Br)C(F)(F)C(F)F)c(C)c1Br. The van der Waals surface area contributed by atoms with E-state index in [2.05, 4.69) is 31.9 Å². The summed E-state index contributed by atoms with van der Waals surface area (Å²) in [5, 5.41) is 0. The third kappa shape index (κ3) is 2.74. The number of hydrogen-bond acceptors (Lipinski definition) is 0. The zero-order chi connectivity index (χ0) is 14.2. The average Bonchev–Trinajstić information content (AvgIpc) is 2.25. The Labute approximate surface area is 120 Å². The van der Waals surface area contributed by atoms with Crippen LogP contribution >= 0.6 is 31.9 Å². The van der Waals surface area contributed by atoms with Gasteiger partial charge in [-0.2, -0.15) is 8.78 Å². The van der Waals surface area contributed by atoms with Crippen LogP contribution in [0, 0.1) is 20.8 Å². The normalized spacial score (nSPS) is 14.1. The van der Waals surface area contributed by atoms with Gasteiger partial charge in [0.2, 0.25) is 0 Å². The van der Waals surface area contributed by atoms with Crippen LogP contribution in [0.2, 0.25) is 0 Å². The Kier molecular flexibility index (Phi) is 4.87. The fraction of sp³-hybridized carbons (Fsp3) is 0.500. The molecule has 0 nitrogen and oxygen atoms in total. The summed E-state index contributed by atoms with van der Waals surface area (Å²) in [5.41, 5.74) is 2.21. The van der Waals surface area contributed by atoms with Crippen molar-refractivity contribution in [2.45, 2.75) is 37.9 Å². The molecule has 0 saturated carbocycles. The first kappa shape index (κ1) is 16.0. The first-order valence-electron chi connectivity index (χ1n) is 5.16. The maximum atomic E-state index is 13.4. The lowest BCUT2D eigenvalue weighted by molar-refractivity contribution is -0.128. The highest BCUT2D eigenvalue weighted by atomic mass is 79.9. The van der Waals surface area contributed by atoms with E-state index in [1.165, 1.54) is 0 Å². The van der Waals surface area contributed by atoms with Crippen LogP contribution in [-0.4, -0.2) is 12.3 Å². The zero-order valence-electron chi connectivity index (χ0n) is 10.00. The summed E-state index contributed by atoms with van der Waals surface area (Å²) in [7, 11) is 0. The summed E-state index contributed by atoms with van der Waals surface area (Å²) in [6, 6.07) is 1.70. The van der Waals surface area contributed by atoms with Crippen molar-refractivity contribution in [3.63, 3.8) is 0 Å². The molecule has 6 heteroatoms. The molecule has 102 valence electrons. The number of benzene rings is 1. The molecule has 0 heterocycles. The number of hydrogen-bond donors (Lipinski definition) is 0. The monoisotopic (exact) mass is 390 g/mol. The molecule has 1 atom stereocenters. The summed E-state index contributed by atoms with van der Waals surface area (Å²) in [4.78, 5) is -1.71. The van der Waals surface area contributed by atoms with Crippen LogP contribution in [0.25, 0.3) is 0 Å². The van der Waals surface area contributed by atoms with Gasteiger partial charge >= 0.3 is 12.3 Å². The second kappa shape index (κ2) is 5.49. The highest BCUT2D eigenvalue weighted by Crippen LogP contribution is 2.46. The van der Waals surface area contributed by atoms with E-state index in [0.717, 1.165) is 5.56 Å². The Morgan fingerprint density at radius 1 is 1.11 bits per heavy atom. The second-order valence-electron chi connectivity index (χ2n) is 4.20. The van der Waals surface area contributed by atoms with Gasteiger partial charge in [0.15, 0.2) is 0 Å². The van der Waals surface area contributed by atoms with Gasteiger partial charge in [0.05, 0.1) is 0 Å². The minimum absolute atomic E-state index is 0.206. The Hall–Kier alpha value is -0.100. The molecule has 1 unspecified atom stereocenters. The van der Waals surface area contributed by atoms with E-state index in [4.69, 9.17) is 0 Å². The van der Waals surface area contributed by atoms with Gasteiger partial charge in [0, 0.05) is 4.47 Å². The average molecular weight is 392 g/mol. The lowest BCUT2D eigenvalue weighted by Gasteiger charge is -2.25. The van der Waals surface area contributed by atoms with E-state index in [0.29, 0.717) is 15.6 Å². The third-order valence-corrected chi connectivity index (χ3v) is 5.11. The quantitative estimate of drug-likeness (QED) is 0.457. The molecule has 1 rings (SSSR count). The third-order valence-electron chi connectivity index (χ3n) is 2.82. The van der Waals surface area contributed by atoms with Crippen LogP contribution in [0.15, 0.2) is 10.5 Å². The van der Waals surface area contributed by atoms with Gasteiger partial charge in [-0.25, -0.2) is 8.78 Å². The van der Waals surface area contributed by atoms with Crippen molar-refractivity contribution >= 4 is 31.9 Å². The Balaban J connectivity index is 3.39. The molecule has 0 fully saturated rings. The summed E-state index contributed by atoms with van der Waals surface area (Å²) < 4.78 is 52.3. The van der Waals surface area contributed by atoms with Crippen molar-refractivity contribution in [3.05, 3.63) is 32.8 Å². The first-order valence-corrected chi connectivity index (χ1v) is 6.87. The fourth-order valence-electron chi connectivity index (χ4n) is 1.87. The molecule has 1 aromatic carbocycles. The van der Waals surface area contributed by atoms with Crippen molar-refractivity contribution in [2.75, 3.05) is 0 Å². The van der Waals surface area contributed by atoms with Gasteiger partial charge in [0.1, 0.15) is 4.83 Å². The summed E-state index contributed by atoms with van der Waals surface area (Å²) >= 11 is 6.00. The van der Waals surface area contributed by atoms with Crippen LogP contribution in [0.4, 0.5) is 17.6 Å². The van der Waals surface area contributed by atoms with E-state index < -0.39 is 17.2 Å². The molecular weight excluding hydrogens is 380 g/mol. The predicted octanol–water partition coefficient (Wildman–Crippen LogP) is 5.71. The number of alkyl halides is 5. The van der Waals surface area contributed by atoms with Crippen LogP contribution in [0.5, 0.6) is 0 Å². The molecule has 0 aliphatic rings. The van der Waals surface area contributed by atoms with Gasteiger partial charge in [-0.15, -0.1) is 0 Å². The fourth-order valence-corrected chi connectivity index (χ4v) is 3.10. The molecule has 0 aliphatic heterocycles. The largest absolute Gasteiger partial charge is 0.323 e. The molecule has 0 N–H and O–H groups in total. The number of rotatable bonds is 3. The second-order valence-corrected chi connectivity index (χ2v) is 5.91. The van der Waals surface area contributed by atoms with Crippen LogP contribution in [0.3, 0.4) is 0 Å². The minimum Gasteiger partial charge on any atom is -0.204 e. The Morgan fingerprint density at radius 2 is 1.61 bits per heavy atom. The Bertz CT molecular complexity index is 458. The zero-order valence-corrected chi connectivity index (χ0v) is 13.2. The van der Waals surface area contributed by atoms with Crippen molar-refractivity contribution in [1.82, 2.24) is 0 Å². The molecule has 0 saturated heterocycles. The van der Waals surface area contributed by atoms with Crippen molar-refractivity contribution in [3.8, 4) is 0 Å². The van der Waals surface area contributed by atoms with Crippen LogP contribution < -0.4 is 0 Å². The predicted molar refractivity (Wildman–Crippen MR) is 71.0 cm³/mol. The molecular formula is C12H12Br2F4. The molecule has 0 radical (unpaired) electrons. The summed E-state index contributed by atoms with van der Waals surface area (Å²) in [6.45, 7) is 5.09. The summed E-state index contributed by atoms with van der Waals surface area (Å²) in [5.74, 6) is -4.11. The van der Waals surface area contributed by atoms with E-state index in [9.17, 15) is 17.6 Å². The maximum absolute atomic E-state index is 13.4. The lowest BCUT2D eigenvalue weighted by Crippen LogP contribution is -2.32. The van der Waals surface area contributed by atoms with E-state index in [1.807, 2.05) is 6.92 Å². The van der Waals surface area contributed by atoms with Gasteiger partial charge in [-0.3, -0.25) is 0 Å². The highest BCUT2D eigenvalue weighted by Gasteiger charge is 2.49. The van der Waals surface area contributed by atoms with E-state index >= 15 is 0 Å². The van der Waals surface area contributed by atoms with Crippen LogP contribution in [0.1, 0.15) is 27.1 Å². The van der Waals surface area contributed by atoms with Crippen LogP contribution in [-0.2, 0) is 0 Å².